The summed E-state index contributed by atoms with van der Waals surface area (Å²) in [4.78, 5) is 0. The van der Waals surface area contributed by atoms with E-state index >= 15 is 0 Å². The Hall–Kier alpha value is -1.03. The Morgan fingerprint density at radius 3 is 2.33 bits per heavy atom. The molecule has 0 bridgehead atoms. The Bertz CT molecular complexity index is 401. The highest BCUT2D eigenvalue weighted by atomic mass is 19.4. The summed E-state index contributed by atoms with van der Waals surface area (Å²) in [6.07, 6.45) is 3.77. The molecule has 21 heavy (non-hydrogen) atoms. The molecule has 1 N–H and O–H groups in total. The van der Waals surface area contributed by atoms with Gasteiger partial charge < -0.3 is 5.32 Å². The Kier molecular flexibility index (Phi) is 7.79. The minimum absolute atomic E-state index is 0.00141. The fourth-order valence-corrected chi connectivity index (χ4v) is 2.54. The second kappa shape index (κ2) is 9.08. The van der Waals surface area contributed by atoms with Gasteiger partial charge in [-0.1, -0.05) is 57.6 Å². The van der Waals surface area contributed by atoms with Crippen LogP contribution in [0.5, 0.6) is 0 Å². The predicted molar refractivity (Wildman–Crippen MR) is 81.2 cm³/mol. The molecule has 1 aromatic rings. The molecule has 1 rings (SSSR count). The van der Waals surface area contributed by atoms with Crippen LogP contribution in [0.4, 0.5) is 13.2 Å². The normalized spacial score (nSPS) is 13.4. The van der Waals surface area contributed by atoms with E-state index in [-0.39, 0.29) is 6.04 Å². The summed E-state index contributed by atoms with van der Waals surface area (Å²) in [5.41, 5.74) is 0.157. The van der Waals surface area contributed by atoms with Gasteiger partial charge in [0.2, 0.25) is 0 Å². The third-order valence-corrected chi connectivity index (χ3v) is 3.81. The summed E-state index contributed by atoms with van der Waals surface area (Å²) in [6.45, 7) is 2.19. The standard InChI is InChI=1S/C17H26F3N/c1-3-4-5-6-7-8-12-16(21-2)14-10-9-11-15(13-14)17(18,19)20/h9-11,13,16,21H,3-8,12H2,1-2H3. The minimum atomic E-state index is -4.27. The zero-order valence-corrected chi connectivity index (χ0v) is 13.0. The van der Waals surface area contributed by atoms with E-state index in [4.69, 9.17) is 0 Å². The summed E-state index contributed by atoms with van der Waals surface area (Å²) in [6, 6.07) is 5.65. The molecular weight excluding hydrogens is 275 g/mol. The first-order chi connectivity index (χ1) is 9.99. The Labute approximate surface area is 125 Å². The van der Waals surface area contributed by atoms with Gasteiger partial charge in [-0.3, -0.25) is 0 Å². The summed E-state index contributed by atoms with van der Waals surface area (Å²) in [7, 11) is 1.81. The lowest BCUT2D eigenvalue weighted by Crippen LogP contribution is -2.17. The maximum Gasteiger partial charge on any atom is 0.416 e. The third kappa shape index (κ3) is 6.51. The van der Waals surface area contributed by atoms with Gasteiger partial charge in [-0.05, 0) is 31.2 Å². The number of rotatable bonds is 9. The van der Waals surface area contributed by atoms with Crippen molar-refractivity contribution in [3.05, 3.63) is 35.4 Å². The fourth-order valence-electron chi connectivity index (χ4n) is 2.54. The van der Waals surface area contributed by atoms with Gasteiger partial charge in [-0.25, -0.2) is 0 Å². The van der Waals surface area contributed by atoms with Crippen LogP contribution in [0.25, 0.3) is 0 Å². The first-order valence-corrected chi connectivity index (χ1v) is 7.83. The lowest BCUT2D eigenvalue weighted by Gasteiger charge is -2.18. The zero-order valence-electron chi connectivity index (χ0n) is 13.0. The minimum Gasteiger partial charge on any atom is -0.313 e. The van der Waals surface area contributed by atoms with Gasteiger partial charge in [0, 0.05) is 6.04 Å². The Balaban J connectivity index is 2.52. The molecule has 0 spiro atoms. The Morgan fingerprint density at radius 2 is 1.71 bits per heavy atom. The van der Waals surface area contributed by atoms with E-state index in [0.717, 1.165) is 30.9 Å². The van der Waals surface area contributed by atoms with Gasteiger partial charge >= 0.3 is 6.18 Å². The van der Waals surface area contributed by atoms with Crippen molar-refractivity contribution < 1.29 is 13.2 Å². The monoisotopic (exact) mass is 301 g/mol. The molecule has 0 aliphatic carbocycles. The SMILES string of the molecule is CCCCCCCCC(NC)c1cccc(C(F)(F)F)c1. The van der Waals surface area contributed by atoms with Crippen molar-refractivity contribution in [2.24, 2.45) is 0 Å². The molecule has 1 atom stereocenters. The molecule has 0 radical (unpaired) electrons. The van der Waals surface area contributed by atoms with Crippen LogP contribution in [0.15, 0.2) is 24.3 Å². The summed E-state index contributed by atoms with van der Waals surface area (Å²) < 4.78 is 38.2. The molecule has 0 fully saturated rings. The predicted octanol–water partition coefficient (Wildman–Crippen LogP) is 5.72. The highest BCUT2D eigenvalue weighted by molar-refractivity contribution is 5.27. The molecule has 4 heteroatoms. The van der Waals surface area contributed by atoms with Crippen LogP contribution in [-0.2, 0) is 6.18 Å². The van der Waals surface area contributed by atoms with Gasteiger partial charge in [0.1, 0.15) is 0 Å². The van der Waals surface area contributed by atoms with Crippen LogP contribution in [0, 0.1) is 0 Å². The van der Waals surface area contributed by atoms with E-state index in [1.165, 1.54) is 37.8 Å². The molecule has 0 aliphatic heterocycles. The number of hydrogen-bond donors (Lipinski definition) is 1. The number of halogens is 3. The fraction of sp³-hybridized carbons (Fsp3) is 0.647. The van der Waals surface area contributed by atoms with Crippen molar-refractivity contribution in [2.75, 3.05) is 7.05 Å². The van der Waals surface area contributed by atoms with E-state index in [0.29, 0.717) is 0 Å². The average Bonchev–Trinajstić information content (AvgIpc) is 2.46. The van der Waals surface area contributed by atoms with Crippen molar-refractivity contribution in [2.45, 2.75) is 64.1 Å². The summed E-state index contributed by atoms with van der Waals surface area (Å²) in [5.74, 6) is 0. The number of unbranched alkanes of at least 4 members (excludes halogenated alkanes) is 5. The lowest BCUT2D eigenvalue weighted by molar-refractivity contribution is -0.137. The molecule has 1 nitrogen and oxygen atoms in total. The van der Waals surface area contributed by atoms with Crippen LogP contribution in [0.2, 0.25) is 0 Å². The molecule has 0 aromatic heterocycles. The topological polar surface area (TPSA) is 12.0 Å². The largest absolute Gasteiger partial charge is 0.416 e. The van der Waals surface area contributed by atoms with Crippen LogP contribution < -0.4 is 5.32 Å². The molecular formula is C17H26F3N. The van der Waals surface area contributed by atoms with Crippen LogP contribution in [0.1, 0.15) is 69.0 Å². The van der Waals surface area contributed by atoms with Gasteiger partial charge in [0.05, 0.1) is 5.56 Å². The van der Waals surface area contributed by atoms with E-state index in [1.54, 1.807) is 6.07 Å². The molecule has 0 saturated carbocycles. The maximum atomic E-state index is 12.7. The van der Waals surface area contributed by atoms with Gasteiger partial charge in [0.25, 0.3) is 0 Å². The molecule has 0 saturated heterocycles. The van der Waals surface area contributed by atoms with Crippen molar-refractivity contribution in [1.82, 2.24) is 5.32 Å². The second-order valence-electron chi connectivity index (χ2n) is 5.52. The lowest BCUT2D eigenvalue weighted by atomic mass is 9.98. The number of alkyl halides is 3. The Morgan fingerprint density at radius 1 is 1.05 bits per heavy atom. The zero-order chi connectivity index (χ0) is 15.7. The first-order valence-electron chi connectivity index (χ1n) is 7.83. The molecule has 1 aromatic carbocycles. The van der Waals surface area contributed by atoms with E-state index in [2.05, 4.69) is 12.2 Å². The molecule has 0 aliphatic rings. The van der Waals surface area contributed by atoms with E-state index < -0.39 is 11.7 Å². The molecule has 1 unspecified atom stereocenters. The van der Waals surface area contributed by atoms with Crippen molar-refractivity contribution in [3.63, 3.8) is 0 Å². The smallest absolute Gasteiger partial charge is 0.313 e. The van der Waals surface area contributed by atoms with Crippen molar-refractivity contribution in [1.29, 1.82) is 0 Å². The van der Waals surface area contributed by atoms with Crippen LogP contribution in [-0.4, -0.2) is 7.05 Å². The van der Waals surface area contributed by atoms with Gasteiger partial charge in [0.15, 0.2) is 0 Å². The van der Waals surface area contributed by atoms with Crippen molar-refractivity contribution in [3.8, 4) is 0 Å². The number of hydrogen-bond acceptors (Lipinski definition) is 1. The molecule has 0 amide bonds. The van der Waals surface area contributed by atoms with E-state index in [9.17, 15) is 13.2 Å². The van der Waals surface area contributed by atoms with Crippen molar-refractivity contribution >= 4 is 0 Å². The second-order valence-corrected chi connectivity index (χ2v) is 5.52. The average molecular weight is 301 g/mol. The maximum absolute atomic E-state index is 12.7. The highest BCUT2D eigenvalue weighted by Crippen LogP contribution is 2.31. The number of benzene rings is 1. The van der Waals surface area contributed by atoms with Crippen LogP contribution in [0.3, 0.4) is 0 Å². The quantitative estimate of drug-likeness (QED) is 0.575. The summed E-state index contributed by atoms with van der Waals surface area (Å²) >= 11 is 0. The number of nitrogens with one attached hydrogen (secondary N) is 1. The van der Waals surface area contributed by atoms with Gasteiger partial charge in [-0.2, -0.15) is 13.2 Å². The highest BCUT2D eigenvalue weighted by Gasteiger charge is 2.30. The van der Waals surface area contributed by atoms with Gasteiger partial charge in [-0.15, -0.1) is 0 Å². The van der Waals surface area contributed by atoms with E-state index in [1.807, 2.05) is 7.05 Å². The third-order valence-electron chi connectivity index (χ3n) is 3.81. The molecule has 0 heterocycles. The molecule has 120 valence electrons. The van der Waals surface area contributed by atoms with Crippen LogP contribution >= 0.6 is 0 Å². The summed E-state index contributed by atoms with van der Waals surface area (Å²) in [5, 5.41) is 3.13. The first kappa shape index (κ1) is 18.0.